The summed E-state index contributed by atoms with van der Waals surface area (Å²) in [5, 5.41) is 8.56. The molecule has 1 N–H and O–H groups in total. The second-order valence-electron chi connectivity index (χ2n) is 3.35. The molecule has 0 saturated carbocycles. The Balaban J connectivity index is 0.00000144. The third kappa shape index (κ3) is 4.45. The normalized spacial score (nSPS) is 29.4. The maximum atomic E-state index is 10.4. The highest BCUT2D eigenvalue weighted by Crippen LogP contribution is 2.09. The average molecular weight is 210 g/mol. The monoisotopic (exact) mass is 209 g/mol. The topological polar surface area (TPSA) is 49.8 Å². The van der Waals surface area contributed by atoms with Crippen molar-refractivity contribution in [2.45, 2.75) is 26.1 Å². The SMILES string of the molecule is CC1CN(CC(=O)O)CC(C)O1.Cl. The molecule has 0 aromatic heterocycles. The lowest BCUT2D eigenvalue weighted by atomic mass is 10.2. The summed E-state index contributed by atoms with van der Waals surface area (Å²) in [7, 11) is 0. The fourth-order valence-electron chi connectivity index (χ4n) is 1.60. The van der Waals surface area contributed by atoms with Crippen molar-refractivity contribution in [2.24, 2.45) is 0 Å². The van der Waals surface area contributed by atoms with Crippen LogP contribution < -0.4 is 0 Å². The van der Waals surface area contributed by atoms with E-state index in [1.807, 2.05) is 18.7 Å². The Morgan fingerprint density at radius 3 is 2.31 bits per heavy atom. The summed E-state index contributed by atoms with van der Waals surface area (Å²) < 4.78 is 5.46. The van der Waals surface area contributed by atoms with Gasteiger partial charge in [0.05, 0.1) is 18.8 Å². The Hall–Kier alpha value is -0.320. The molecule has 1 heterocycles. The molecule has 2 unspecified atom stereocenters. The Morgan fingerprint density at radius 2 is 1.92 bits per heavy atom. The minimum atomic E-state index is -0.767. The highest BCUT2D eigenvalue weighted by Gasteiger charge is 2.23. The molecule has 78 valence electrons. The summed E-state index contributed by atoms with van der Waals surface area (Å²) in [6, 6.07) is 0. The highest BCUT2D eigenvalue weighted by atomic mass is 35.5. The molecule has 2 atom stereocenters. The first kappa shape index (κ1) is 12.7. The van der Waals surface area contributed by atoms with Gasteiger partial charge in [0.1, 0.15) is 0 Å². The van der Waals surface area contributed by atoms with Gasteiger partial charge in [0, 0.05) is 13.1 Å². The lowest BCUT2D eigenvalue weighted by Crippen LogP contribution is -2.47. The van der Waals surface area contributed by atoms with Gasteiger partial charge in [-0.05, 0) is 13.8 Å². The molecule has 1 fully saturated rings. The van der Waals surface area contributed by atoms with Crippen LogP contribution in [0.25, 0.3) is 0 Å². The van der Waals surface area contributed by atoms with Crippen LogP contribution in [0, 0.1) is 0 Å². The maximum absolute atomic E-state index is 10.4. The Bertz CT molecular complexity index is 167. The zero-order chi connectivity index (χ0) is 9.14. The van der Waals surface area contributed by atoms with E-state index in [2.05, 4.69) is 0 Å². The second kappa shape index (κ2) is 5.42. The molecule has 0 aliphatic carbocycles. The molecule has 0 aromatic rings. The van der Waals surface area contributed by atoms with Crippen molar-refractivity contribution >= 4 is 18.4 Å². The maximum Gasteiger partial charge on any atom is 0.317 e. The largest absolute Gasteiger partial charge is 0.480 e. The number of ether oxygens (including phenoxy) is 1. The van der Waals surface area contributed by atoms with Gasteiger partial charge in [0.25, 0.3) is 0 Å². The summed E-state index contributed by atoms with van der Waals surface area (Å²) in [5.41, 5.74) is 0. The molecule has 5 heteroatoms. The number of aliphatic carboxylic acids is 1. The lowest BCUT2D eigenvalue weighted by Gasteiger charge is -2.34. The van der Waals surface area contributed by atoms with Crippen LogP contribution in [-0.2, 0) is 9.53 Å². The summed E-state index contributed by atoms with van der Waals surface area (Å²) >= 11 is 0. The number of carboxylic acid groups (broad SMARTS) is 1. The number of hydrogen-bond donors (Lipinski definition) is 1. The van der Waals surface area contributed by atoms with Gasteiger partial charge in [-0.3, -0.25) is 9.69 Å². The zero-order valence-electron chi connectivity index (χ0n) is 7.90. The van der Waals surface area contributed by atoms with E-state index in [-0.39, 0.29) is 31.2 Å². The van der Waals surface area contributed by atoms with Crippen molar-refractivity contribution < 1.29 is 14.6 Å². The van der Waals surface area contributed by atoms with E-state index in [0.717, 1.165) is 13.1 Å². The Labute approximate surface area is 84.3 Å². The van der Waals surface area contributed by atoms with Gasteiger partial charge in [-0.25, -0.2) is 0 Å². The number of hydrogen-bond acceptors (Lipinski definition) is 3. The molecule has 0 bridgehead atoms. The molecule has 0 aromatic carbocycles. The third-order valence-corrected chi connectivity index (χ3v) is 1.85. The van der Waals surface area contributed by atoms with Crippen LogP contribution in [0.4, 0.5) is 0 Å². The first-order valence-electron chi connectivity index (χ1n) is 4.17. The zero-order valence-corrected chi connectivity index (χ0v) is 8.71. The lowest BCUT2D eigenvalue weighted by molar-refractivity contribution is -0.141. The predicted molar refractivity (Wildman–Crippen MR) is 51.3 cm³/mol. The van der Waals surface area contributed by atoms with Crippen molar-refractivity contribution in [3.63, 3.8) is 0 Å². The number of carbonyl (C=O) groups is 1. The van der Waals surface area contributed by atoms with E-state index >= 15 is 0 Å². The summed E-state index contributed by atoms with van der Waals surface area (Å²) in [6.07, 6.45) is 0.293. The van der Waals surface area contributed by atoms with Gasteiger partial charge < -0.3 is 9.84 Å². The number of nitrogens with zero attached hydrogens (tertiary/aromatic N) is 1. The van der Waals surface area contributed by atoms with Gasteiger partial charge in [-0.1, -0.05) is 0 Å². The van der Waals surface area contributed by atoms with Crippen molar-refractivity contribution in [1.29, 1.82) is 0 Å². The molecule has 13 heavy (non-hydrogen) atoms. The van der Waals surface area contributed by atoms with E-state index in [4.69, 9.17) is 9.84 Å². The Morgan fingerprint density at radius 1 is 1.46 bits per heavy atom. The van der Waals surface area contributed by atoms with E-state index in [1.165, 1.54) is 0 Å². The Kier molecular flexibility index (Phi) is 5.29. The minimum absolute atomic E-state index is 0. The van der Waals surface area contributed by atoms with Gasteiger partial charge in [0.15, 0.2) is 0 Å². The average Bonchev–Trinajstić information content (AvgIpc) is 1.81. The number of morpholine rings is 1. The molecule has 1 aliphatic heterocycles. The third-order valence-electron chi connectivity index (χ3n) is 1.85. The predicted octanol–water partition coefficient (Wildman–Crippen LogP) is 0.602. The van der Waals surface area contributed by atoms with E-state index in [1.54, 1.807) is 0 Å². The highest BCUT2D eigenvalue weighted by molar-refractivity contribution is 5.85. The van der Waals surface area contributed by atoms with Crippen LogP contribution >= 0.6 is 12.4 Å². The van der Waals surface area contributed by atoms with E-state index < -0.39 is 5.97 Å². The first-order chi connectivity index (χ1) is 5.58. The quantitative estimate of drug-likeness (QED) is 0.724. The molecule has 1 aliphatic rings. The summed E-state index contributed by atoms with van der Waals surface area (Å²) in [5.74, 6) is -0.767. The number of halogens is 1. The molecule has 0 radical (unpaired) electrons. The number of carboxylic acids is 1. The summed E-state index contributed by atoms with van der Waals surface area (Å²) in [4.78, 5) is 12.3. The van der Waals surface area contributed by atoms with E-state index in [0.29, 0.717) is 0 Å². The standard InChI is InChI=1S/C8H15NO3.ClH/c1-6-3-9(5-8(10)11)4-7(2)12-6;/h6-7H,3-5H2,1-2H3,(H,10,11);1H. The van der Waals surface area contributed by atoms with Crippen molar-refractivity contribution in [3.05, 3.63) is 0 Å². The fourth-order valence-corrected chi connectivity index (χ4v) is 1.60. The van der Waals surface area contributed by atoms with Crippen LogP contribution in [0.3, 0.4) is 0 Å². The number of rotatable bonds is 2. The molecule has 1 rings (SSSR count). The molecule has 4 nitrogen and oxygen atoms in total. The van der Waals surface area contributed by atoms with Crippen LogP contribution in [0.2, 0.25) is 0 Å². The smallest absolute Gasteiger partial charge is 0.317 e. The molecular formula is C8H16ClNO3. The van der Waals surface area contributed by atoms with Gasteiger partial charge in [-0.15, -0.1) is 12.4 Å². The van der Waals surface area contributed by atoms with Crippen LogP contribution in [0.5, 0.6) is 0 Å². The van der Waals surface area contributed by atoms with Crippen LogP contribution in [0.15, 0.2) is 0 Å². The van der Waals surface area contributed by atoms with Crippen LogP contribution in [0.1, 0.15) is 13.8 Å². The van der Waals surface area contributed by atoms with Gasteiger partial charge in [-0.2, -0.15) is 0 Å². The minimum Gasteiger partial charge on any atom is -0.480 e. The van der Waals surface area contributed by atoms with Gasteiger partial charge in [0.2, 0.25) is 0 Å². The first-order valence-corrected chi connectivity index (χ1v) is 4.17. The summed E-state index contributed by atoms with van der Waals surface area (Å²) in [6.45, 7) is 5.49. The van der Waals surface area contributed by atoms with Crippen molar-refractivity contribution in [3.8, 4) is 0 Å². The molecule has 0 spiro atoms. The van der Waals surface area contributed by atoms with Crippen molar-refractivity contribution in [2.75, 3.05) is 19.6 Å². The molecule has 1 saturated heterocycles. The van der Waals surface area contributed by atoms with E-state index in [9.17, 15) is 4.79 Å². The van der Waals surface area contributed by atoms with Gasteiger partial charge >= 0.3 is 5.97 Å². The fraction of sp³-hybridized carbons (Fsp3) is 0.875. The van der Waals surface area contributed by atoms with Crippen LogP contribution in [-0.4, -0.2) is 47.8 Å². The molecular weight excluding hydrogens is 194 g/mol. The second-order valence-corrected chi connectivity index (χ2v) is 3.35. The molecule has 0 amide bonds. The van der Waals surface area contributed by atoms with Crippen molar-refractivity contribution in [1.82, 2.24) is 4.90 Å².